The third-order valence-corrected chi connectivity index (χ3v) is 1.14. The van der Waals surface area contributed by atoms with Gasteiger partial charge in [-0.05, 0) is 0 Å². The summed E-state index contributed by atoms with van der Waals surface area (Å²) in [6.45, 7) is 0. The summed E-state index contributed by atoms with van der Waals surface area (Å²) in [4.78, 5) is 0. The second-order valence-corrected chi connectivity index (χ2v) is 1.89. The molecule has 0 aromatic carbocycles. The lowest BCUT2D eigenvalue weighted by Crippen LogP contribution is -2.56. The smallest absolute Gasteiger partial charge is 0.329 e. The fraction of sp³-hybridized carbons (Fsp3) is 1.00. The summed E-state index contributed by atoms with van der Waals surface area (Å²) in [5.74, 6) is 0. The fourth-order valence-corrected chi connectivity index (χ4v) is 0.596. The van der Waals surface area contributed by atoms with Gasteiger partial charge in [0.1, 0.15) is 0 Å². The minimum atomic E-state index is -4.79. The zero-order valence-electron chi connectivity index (χ0n) is 4.53. The Morgan fingerprint density at radius 1 is 1.10 bits per heavy atom. The van der Waals surface area contributed by atoms with Gasteiger partial charge < -0.3 is 4.74 Å². The Hall–Kier alpha value is -0.390. The number of hydrogen-bond donors (Lipinski definition) is 0. The maximum Gasteiger partial charge on any atom is 0.417 e. The van der Waals surface area contributed by atoms with E-state index in [9.17, 15) is 22.0 Å². The van der Waals surface area contributed by atoms with E-state index in [2.05, 4.69) is 4.74 Å². The SMILES string of the molecule is F[C@H]1[C@H](F)O[C@H]1C(F)(F)F. The Balaban J connectivity index is 2.48. The molecule has 0 spiro atoms. The number of halogens is 5. The molecule has 1 rings (SSSR count). The normalized spacial score (nSPS) is 41.1. The lowest BCUT2D eigenvalue weighted by molar-refractivity contribution is -0.346. The van der Waals surface area contributed by atoms with Crippen molar-refractivity contribution in [2.45, 2.75) is 24.8 Å². The summed E-state index contributed by atoms with van der Waals surface area (Å²) >= 11 is 0. The number of rotatable bonds is 0. The second kappa shape index (κ2) is 2.05. The van der Waals surface area contributed by atoms with Crippen LogP contribution < -0.4 is 0 Å². The fourth-order valence-electron chi connectivity index (χ4n) is 0.596. The summed E-state index contributed by atoms with van der Waals surface area (Å²) in [5.41, 5.74) is 0. The molecule has 1 heterocycles. The molecule has 0 radical (unpaired) electrons. The standard InChI is InChI=1S/C4H3F5O/c5-1-2(4(7,8)9)10-3(1)6/h1-3H/t1-,2-,3-/m1/s1. The molecule has 6 heteroatoms. The van der Waals surface area contributed by atoms with Crippen molar-refractivity contribution in [2.75, 3.05) is 0 Å². The van der Waals surface area contributed by atoms with Crippen LogP contribution in [0, 0.1) is 0 Å². The van der Waals surface area contributed by atoms with Gasteiger partial charge >= 0.3 is 6.18 Å². The van der Waals surface area contributed by atoms with Crippen LogP contribution in [0.15, 0.2) is 0 Å². The number of alkyl halides is 5. The van der Waals surface area contributed by atoms with Crippen molar-refractivity contribution in [1.29, 1.82) is 0 Å². The molecule has 0 N–H and O–H groups in total. The van der Waals surface area contributed by atoms with Gasteiger partial charge in [-0.25, -0.2) is 8.78 Å². The molecule has 0 unspecified atom stereocenters. The molecule has 1 aliphatic rings. The van der Waals surface area contributed by atoms with E-state index >= 15 is 0 Å². The average molecular weight is 162 g/mol. The van der Waals surface area contributed by atoms with Crippen molar-refractivity contribution >= 4 is 0 Å². The molecule has 0 aromatic heterocycles. The Bertz CT molecular complexity index is 132. The Morgan fingerprint density at radius 3 is 1.70 bits per heavy atom. The van der Waals surface area contributed by atoms with Gasteiger partial charge in [-0.15, -0.1) is 0 Å². The third-order valence-electron chi connectivity index (χ3n) is 1.14. The first-order valence-corrected chi connectivity index (χ1v) is 2.43. The van der Waals surface area contributed by atoms with Crippen LogP contribution >= 0.6 is 0 Å². The molecule has 0 aromatic rings. The predicted octanol–water partition coefficient (Wildman–Crippen LogP) is 1.58. The third kappa shape index (κ3) is 1.07. The van der Waals surface area contributed by atoms with E-state index in [1.54, 1.807) is 0 Å². The van der Waals surface area contributed by atoms with Crippen LogP contribution in [-0.2, 0) is 4.74 Å². The second-order valence-electron chi connectivity index (χ2n) is 1.89. The van der Waals surface area contributed by atoms with E-state index in [0.717, 1.165) is 0 Å². The molecule has 1 nitrogen and oxygen atoms in total. The summed E-state index contributed by atoms with van der Waals surface area (Å²) in [6, 6.07) is 0. The molecule has 0 amide bonds. The van der Waals surface area contributed by atoms with Gasteiger partial charge in [0, 0.05) is 0 Å². The van der Waals surface area contributed by atoms with Gasteiger partial charge in [-0.3, -0.25) is 0 Å². The van der Waals surface area contributed by atoms with Crippen LogP contribution in [-0.4, -0.2) is 24.8 Å². The zero-order valence-corrected chi connectivity index (χ0v) is 4.53. The highest BCUT2D eigenvalue weighted by Gasteiger charge is 2.58. The van der Waals surface area contributed by atoms with Crippen molar-refractivity contribution < 1.29 is 26.7 Å². The van der Waals surface area contributed by atoms with Crippen molar-refractivity contribution in [3.63, 3.8) is 0 Å². The topological polar surface area (TPSA) is 9.23 Å². The molecule has 0 aliphatic carbocycles. The van der Waals surface area contributed by atoms with E-state index in [1.807, 2.05) is 0 Å². The van der Waals surface area contributed by atoms with E-state index in [-0.39, 0.29) is 0 Å². The molecule has 10 heavy (non-hydrogen) atoms. The van der Waals surface area contributed by atoms with Gasteiger partial charge in [0.25, 0.3) is 0 Å². The van der Waals surface area contributed by atoms with Gasteiger partial charge in [-0.1, -0.05) is 0 Å². The van der Waals surface area contributed by atoms with Crippen molar-refractivity contribution in [2.24, 2.45) is 0 Å². The molecule has 60 valence electrons. The molecule has 0 bridgehead atoms. The van der Waals surface area contributed by atoms with Gasteiger partial charge in [0.2, 0.25) is 6.36 Å². The quantitative estimate of drug-likeness (QED) is 0.491. The van der Waals surface area contributed by atoms with Gasteiger partial charge in [0.05, 0.1) is 0 Å². The highest BCUT2D eigenvalue weighted by atomic mass is 19.4. The molecule has 1 fully saturated rings. The predicted molar refractivity (Wildman–Crippen MR) is 20.7 cm³/mol. The van der Waals surface area contributed by atoms with Crippen LogP contribution in [0.4, 0.5) is 22.0 Å². The molecule has 0 saturated carbocycles. The van der Waals surface area contributed by atoms with Crippen molar-refractivity contribution in [3.05, 3.63) is 0 Å². The first-order valence-electron chi connectivity index (χ1n) is 2.43. The Labute approximate surface area is 52.8 Å². The lowest BCUT2D eigenvalue weighted by atomic mass is 10.1. The molecular weight excluding hydrogens is 159 g/mol. The van der Waals surface area contributed by atoms with E-state index in [0.29, 0.717) is 0 Å². The van der Waals surface area contributed by atoms with Crippen molar-refractivity contribution in [1.82, 2.24) is 0 Å². The zero-order chi connectivity index (χ0) is 7.94. The summed E-state index contributed by atoms with van der Waals surface area (Å²) < 4.78 is 61.1. The van der Waals surface area contributed by atoms with Crippen molar-refractivity contribution in [3.8, 4) is 0 Å². The van der Waals surface area contributed by atoms with Crippen LogP contribution in [0.5, 0.6) is 0 Å². The van der Waals surface area contributed by atoms with Gasteiger partial charge in [0.15, 0.2) is 12.3 Å². The lowest BCUT2D eigenvalue weighted by Gasteiger charge is -2.35. The maximum absolute atomic E-state index is 11.9. The number of ether oxygens (including phenoxy) is 1. The average Bonchev–Trinajstić information content (AvgIpc) is 1.79. The minimum absolute atomic E-state index is 2.41. The summed E-state index contributed by atoms with van der Waals surface area (Å²) in [7, 11) is 0. The highest BCUT2D eigenvalue weighted by molar-refractivity contribution is 4.87. The van der Waals surface area contributed by atoms with E-state index in [4.69, 9.17) is 0 Å². The van der Waals surface area contributed by atoms with Crippen LogP contribution in [0.25, 0.3) is 0 Å². The largest absolute Gasteiger partial charge is 0.417 e. The highest BCUT2D eigenvalue weighted by Crippen LogP contribution is 2.37. The van der Waals surface area contributed by atoms with Crippen LogP contribution in [0.2, 0.25) is 0 Å². The summed E-state index contributed by atoms with van der Waals surface area (Å²) in [6.07, 6.45) is -12.3. The maximum atomic E-state index is 11.9. The Morgan fingerprint density at radius 2 is 1.60 bits per heavy atom. The molecule has 1 aliphatic heterocycles. The van der Waals surface area contributed by atoms with E-state index in [1.165, 1.54) is 0 Å². The van der Waals surface area contributed by atoms with Crippen LogP contribution in [0.3, 0.4) is 0 Å². The molecular formula is C4H3F5O. The van der Waals surface area contributed by atoms with E-state index < -0.39 is 24.8 Å². The monoisotopic (exact) mass is 162 g/mol. The summed E-state index contributed by atoms with van der Waals surface area (Å²) in [5, 5.41) is 0. The molecule has 1 saturated heterocycles. The Kier molecular flexibility index (Phi) is 1.58. The molecule has 3 atom stereocenters. The first-order chi connectivity index (χ1) is 4.43. The number of hydrogen-bond acceptors (Lipinski definition) is 1. The van der Waals surface area contributed by atoms with Gasteiger partial charge in [-0.2, -0.15) is 13.2 Å². The van der Waals surface area contributed by atoms with Crippen LogP contribution in [0.1, 0.15) is 0 Å². The first kappa shape index (κ1) is 7.71. The minimum Gasteiger partial charge on any atom is -0.329 e.